The molecule has 0 spiro atoms. The maximum atomic E-state index is 6.19. The van der Waals surface area contributed by atoms with Gasteiger partial charge in [-0.25, -0.2) is 0 Å². The van der Waals surface area contributed by atoms with Crippen LogP contribution < -0.4 is 5.73 Å². The normalized spacial score (nSPS) is 33.8. The largest absolute Gasteiger partial charge is 0.330 e. The first kappa shape index (κ1) is 16.3. The Morgan fingerprint density at radius 3 is 2.50 bits per heavy atom. The highest BCUT2D eigenvalue weighted by Crippen LogP contribution is 2.39. The quantitative estimate of drug-likeness (QED) is 0.840. The van der Waals surface area contributed by atoms with Crippen LogP contribution in [0.4, 0.5) is 0 Å². The zero-order valence-electron chi connectivity index (χ0n) is 13.9. The van der Waals surface area contributed by atoms with Crippen molar-refractivity contribution in [3.05, 3.63) is 0 Å². The zero-order valence-corrected chi connectivity index (χ0v) is 13.9. The monoisotopic (exact) mass is 281 g/mol. The van der Waals surface area contributed by atoms with Crippen molar-refractivity contribution in [2.24, 2.45) is 17.1 Å². The predicted molar refractivity (Wildman–Crippen MR) is 86.9 cm³/mol. The van der Waals surface area contributed by atoms with Gasteiger partial charge in [0.1, 0.15) is 0 Å². The lowest BCUT2D eigenvalue weighted by Crippen LogP contribution is -2.50. The van der Waals surface area contributed by atoms with Gasteiger partial charge in [-0.1, -0.05) is 26.7 Å². The van der Waals surface area contributed by atoms with Gasteiger partial charge in [-0.15, -0.1) is 0 Å². The molecule has 20 heavy (non-hydrogen) atoms. The lowest BCUT2D eigenvalue weighted by molar-refractivity contribution is 0.0567. The van der Waals surface area contributed by atoms with Crippen LogP contribution in [0.15, 0.2) is 0 Å². The van der Waals surface area contributed by atoms with Crippen LogP contribution >= 0.6 is 0 Å². The Labute approximate surface area is 125 Å². The molecule has 1 aliphatic heterocycles. The maximum absolute atomic E-state index is 6.19. The van der Waals surface area contributed by atoms with E-state index in [0.29, 0.717) is 5.41 Å². The fourth-order valence-electron chi connectivity index (χ4n) is 4.50. The first-order valence-corrected chi connectivity index (χ1v) is 8.71. The van der Waals surface area contributed by atoms with Crippen LogP contribution in [0.5, 0.6) is 0 Å². The molecule has 1 saturated carbocycles. The highest BCUT2D eigenvalue weighted by molar-refractivity contribution is 4.90. The second-order valence-corrected chi connectivity index (χ2v) is 7.49. The summed E-state index contributed by atoms with van der Waals surface area (Å²) >= 11 is 0. The topological polar surface area (TPSA) is 32.5 Å². The van der Waals surface area contributed by atoms with Crippen LogP contribution in [0.1, 0.15) is 52.4 Å². The van der Waals surface area contributed by atoms with Crippen molar-refractivity contribution >= 4 is 0 Å². The fraction of sp³-hybridized carbons (Fsp3) is 1.00. The summed E-state index contributed by atoms with van der Waals surface area (Å²) in [5, 5.41) is 0. The van der Waals surface area contributed by atoms with Crippen LogP contribution in [-0.4, -0.2) is 55.6 Å². The lowest BCUT2D eigenvalue weighted by Gasteiger charge is -2.45. The van der Waals surface area contributed by atoms with Crippen molar-refractivity contribution in [3.63, 3.8) is 0 Å². The summed E-state index contributed by atoms with van der Waals surface area (Å²) < 4.78 is 0. The van der Waals surface area contributed by atoms with Crippen LogP contribution in [0.2, 0.25) is 0 Å². The third-order valence-corrected chi connectivity index (χ3v) is 5.83. The minimum atomic E-state index is 0.397. The molecule has 118 valence electrons. The lowest BCUT2D eigenvalue weighted by atomic mass is 9.69. The highest BCUT2D eigenvalue weighted by Gasteiger charge is 2.36. The van der Waals surface area contributed by atoms with Gasteiger partial charge in [0.05, 0.1) is 0 Å². The Morgan fingerprint density at radius 1 is 1.25 bits per heavy atom. The molecule has 0 bridgehead atoms. The van der Waals surface area contributed by atoms with E-state index in [1.165, 1.54) is 64.7 Å². The van der Waals surface area contributed by atoms with Crippen molar-refractivity contribution in [3.8, 4) is 0 Å². The van der Waals surface area contributed by atoms with Crippen LogP contribution in [0.25, 0.3) is 0 Å². The molecule has 0 aromatic rings. The molecule has 2 fully saturated rings. The molecule has 0 aromatic carbocycles. The molecule has 0 aromatic heterocycles. The van der Waals surface area contributed by atoms with Crippen molar-refractivity contribution in [2.45, 2.75) is 58.4 Å². The van der Waals surface area contributed by atoms with E-state index in [2.05, 4.69) is 30.7 Å². The third-order valence-electron chi connectivity index (χ3n) is 5.83. The van der Waals surface area contributed by atoms with E-state index in [1.54, 1.807) is 0 Å². The molecule has 3 nitrogen and oxygen atoms in total. The summed E-state index contributed by atoms with van der Waals surface area (Å²) in [5.41, 5.74) is 6.58. The van der Waals surface area contributed by atoms with E-state index in [9.17, 15) is 0 Å². The van der Waals surface area contributed by atoms with Crippen LogP contribution in [-0.2, 0) is 0 Å². The molecule has 2 rings (SSSR count). The Morgan fingerprint density at radius 2 is 1.95 bits per heavy atom. The molecule has 1 aliphatic carbocycles. The second kappa shape index (κ2) is 7.24. The fourth-order valence-corrected chi connectivity index (χ4v) is 4.50. The maximum Gasteiger partial charge on any atom is 0.0117 e. The van der Waals surface area contributed by atoms with Crippen LogP contribution in [0, 0.1) is 11.3 Å². The molecule has 0 amide bonds. The van der Waals surface area contributed by atoms with E-state index in [0.717, 1.165) is 18.5 Å². The van der Waals surface area contributed by atoms with Gasteiger partial charge in [0.2, 0.25) is 0 Å². The first-order valence-electron chi connectivity index (χ1n) is 8.71. The molecule has 2 unspecified atom stereocenters. The van der Waals surface area contributed by atoms with Gasteiger partial charge in [0, 0.05) is 12.6 Å². The number of rotatable bonds is 5. The minimum Gasteiger partial charge on any atom is -0.330 e. The smallest absolute Gasteiger partial charge is 0.0117 e. The number of piperidine rings is 1. The van der Waals surface area contributed by atoms with E-state index in [4.69, 9.17) is 5.73 Å². The third kappa shape index (κ3) is 3.96. The van der Waals surface area contributed by atoms with Crippen molar-refractivity contribution in [1.82, 2.24) is 9.80 Å². The van der Waals surface area contributed by atoms with Gasteiger partial charge in [-0.3, -0.25) is 0 Å². The van der Waals surface area contributed by atoms with Gasteiger partial charge in [0.15, 0.2) is 0 Å². The molecular weight excluding hydrogens is 246 g/mol. The number of hydrogen-bond acceptors (Lipinski definition) is 3. The average Bonchev–Trinajstić information content (AvgIpc) is 2.47. The summed E-state index contributed by atoms with van der Waals surface area (Å²) in [6, 6.07) is 0.776. The summed E-state index contributed by atoms with van der Waals surface area (Å²) in [6.07, 6.45) is 8.12. The van der Waals surface area contributed by atoms with Crippen molar-refractivity contribution in [1.29, 1.82) is 0 Å². The molecular formula is C17H35N3. The van der Waals surface area contributed by atoms with E-state index in [-0.39, 0.29) is 0 Å². The van der Waals surface area contributed by atoms with E-state index >= 15 is 0 Å². The predicted octanol–water partition coefficient (Wildman–Crippen LogP) is 2.56. The first-order chi connectivity index (χ1) is 9.58. The Kier molecular flexibility index (Phi) is 5.88. The second-order valence-electron chi connectivity index (χ2n) is 7.49. The molecule has 1 heterocycles. The minimum absolute atomic E-state index is 0.397. The van der Waals surface area contributed by atoms with Gasteiger partial charge in [-0.2, -0.15) is 0 Å². The van der Waals surface area contributed by atoms with Crippen molar-refractivity contribution in [2.75, 3.05) is 39.8 Å². The Hall–Kier alpha value is -0.120. The Balaban J connectivity index is 1.87. The zero-order chi connectivity index (χ0) is 14.6. The van der Waals surface area contributed by atoms with Crippen molar-refractivity contribution < 1.29 is 0 Å². The van der Waals surface area contributed by atoms with Gasteiger partial charge in [0.25, 0.3) is 0 Å². The molecule has 2 atom stereocenters. The van der Waals surface area contributed by atoms with E-state index < -0.39 is 0 Å². The van der Waals surface area contributed by atoms with Crippen LogP contribution in [0.3, 0.4) is 0 Å². The summed E-state index contributed by atoms with van der Waals surface area (Å²) in [5.74, 6) is 0.864. The molecule has 0 radical (unpaired) electrons. The Bertz CT molecular complexity index is 286. The molecule has 2 aliphatic rings. The van der Waals surface area contributed by atoms with Gasteiger partial charge < -0.3 is 15.5 Å². The average molecular weight is 281 g/mol. The SMILES string of the molecule is CCN1CCC(N(C)CC2(CN)CCCC(C)C2)CC1. The standard InChI is InChI=1S/C17H35N3/c1-4-20-10-7-16(8-11-20)19(3)14-17(13-18)9-5-6-15(2)12-17/h15-16H,4-14,18H2,1-3H3. The number of likely N-dealkylation sites (tertiary alicyclic amines) is 1. The highest BCUT2D eigenvalue weighted by atomic mass is 15.2. The summed E-state index contributed by atoms with van der Waals surface area (Å²) in [6.45, 7) is 10.5. The summed E-state index contributed by atoms with van der Waals surface area (Å²) in [4.78, 5) is 5.21. The van der Waals surface area contributed by atoms with E-state index in [1.807, 2.05) is 0 Å². The number of nitrogens with two attached hydrogens (primary N) is 1. The number of nitrogens with zero attached hydrogens (tertiary/aromatic N) is 2. The number of hydrogen-bond donors (Lipinski definition) is 1. The van der Waals surface area contributed by atoms with Gasteiger partial charge in [-0.05, 0) is 70.2 Å². The molecule has 3 heteroatoms. The molecule has 2 N–H and O–H groups in total. The van der Waals surface area contributed by atoms with Gasteiger partial charge >= 0.3 is 0 Å². The summed E-state index contributed by atoms with van der Waals surface area (Å²) in [7, 11) is 2.34. The molecule has 1 saturated heterocycles.